The van der Waals surface area contributed by atoms with Crippen molar-refractivity contribution in [3.8, 4) is 11.3 Å². The molecule has 0 spiro atoms. The van der Waals surface area contributed by atoms with Gasteiger partial charge in [0.15, 0.2) is 5.65 Å². The number of aromatic nitrogens is 6. The van der Waals surface area contributed by atoms with Crippen molar-refractivity contribution in [2.45, 2.75) is 13.0 Å². The summed E-state index contributed by atoms with van der Waals surface area (Å²) in [5.41, 5.74) is 0.604. The van der Waals surface area contributed by atoms with Crippen molar-refractivity contribution in [3.05, 3.63) is 94.8 Å². The normalized spacial score (nSPS) is 11.3. The average molecular weight is 498 g/mol. The molecular formula is C23H15ClF3N7O. The number of carbonyl (C=O) groups is 1. The standard InChI is InChI=1S/C23H15ClF3N7O/c24-16-7-4-8-17(25)15(16)11-33-12-28-23(32-33)31-22(35)14-10-29-34-19(20(26)27)9-18(30-21(14)34)13-5-2-1-3-6-13/h1-10,12,20H,11H2,(H,31,32,35). The number of hydrogen-bond acceptors (Lipinski definition) is 5. The van der Waals surface area contributed by atoms with Crippen LogP contribution in [0.1, 0.15) is 28.0 Å². The molecule has 0 saturated heterocycles. The summed E-state index contributed by atoms with van der Waals surface area (Å²) in [7, 11) is 0. The van der Waals surface area contributed by atoms with E-state index in [9.17, 15) is 18.0 Å². The molecule has 3 aromatic heterocycles. The molecule has 0 fully saturated rings. The predicted octanol–water partition coefficient (Wildman–Crippen LogP) is 5.02. The lowest BCUT2D eigenvalue weighted by atomic mass is 10.1. The molecule has 176 valence electrons. The van der Waals surface area contributed by atoms with E-state index in [1.807, 2.05) is 0 Å². The number of alkyl halides is 2. The zero-order valence-electron chi connectivity index (χ0n) is 17.7. The van der Waals surface area contributed by atoms with Gasteiger partial charge in [-0.1, -0.05) is 48.0 Å². The quantitative estimate of drug-likeness (QED) is 0.356. The Hall–Kier alpha value is -4.25. The molecule has 0 aliphatic carbocycles. The molecule has 1 N–H and O–H groups in total. The first-order chi connectivity index (χ1) is 16.9. The smallest absolute Gasteiger partial charge is 0.280 e. The van der Waals surface area contributed by atoms with Gasteiger partial charge in [-0.3, -0.25) is 10.1 Å². The second kappa shape index (κ2) is 9.18. The van der Waals surface area contributed by atoms with Crippen LogP contribution in [-0.2, 0) is 6.54 Å². The second-order valence-corrected chi connectivity index (χ2v) is 7.85. The van der Waals surface area contributed by atoms with Crippen LogP contribution in [0.25, 0.3) is 16.9 Å². The van der Waals surface area contributed by atoms with E-state index < -0.39 is 23.8 Å². The molecule has 3 heterocycles. The molecule has 0 aliphatic heterocycles. The van der Waals surface area contributed by atoms with Gasteiger partial charge in [0, 0.05) is 16.1 Å². The number of benzene rings is 2. The molecule has 0 aliphatic rings. The van der Waals surface area contributed by atoms with E-state index >= 15 is 0 Å². The van der Waals surface area contributed by atoms with E-state index in [1.165, 1.54) is 29.2 Å². The highest BCUT2D eigenvalue weighted by atomic mass is 35.5. The molecule has 1 amide bonds. The lowest BCUT2D eigenvalue weighted by molar-refractivity contribution is 0.102. The third kappa shape index (κ3) is 4.45. The van der Waals surface area contributed by atoms with E-state index in [0.717, 1.165) is 10.7 Å². The van der Waals surface area contributed by atoms with Crippen molar-refractivity contribution < 1.29 is 18.0 Å². The average Bonchev–Trinajstić information content (AvgIpc) is 3.48. The molecule has 0 saturated carbocycles. The Morgan fingerprint density at radius 3 is 2.66 bits per heavy atom. The minimum absolute atomic E-state index is 0.00910. The van der Waals surface area contributed by atoms with Crippen LogP contribution in [-0.4, -0.2) is 35.3 Å². The molecule has 0 radical (unpaired) electrons. The van der Waals surface area contributed by atoms with Gasteiger partial charge >= 0.3 is 0 Å². The summed E-state index contributed by atoms with van der Waals surface area (Å²) in [6, 6.07) is 14.3. The third-order valence-corrected chi connectivity index (χ3v) is 5.53. The van der Waals surface area contributed by atoms with Crippen LogP contribution in [0, 0.1) is 5.82 Å². The van der Waals surface area contributed by atoms with Crippen LogP contribution in [0.2, 0.25) is 5.02 Å². The van der Waals surface area contributed by atoms with E-state index in [2.05, 4.69) is 25.5 Å². The van der Waals surface area contributed by atoms with E-state index in [0.29, 0.717) is 5.56 Å². The molecule has 8 nitrogen and oxygen atoms in total. The van der Waals surface area contributed by atoms with Crippen LogP contribution in [0.3, 0.4) is 0 Å². The first kappa shape index (κ1) is 22.5. The van der Waals surface area contributed by atoms with E-state index in [1.54, 1.807) is 36.4 Å². The third-order valence-electron chi connectivity index (χ3n) is 5.18. The Morgan fingerprint density at radius 2 is 1.91 bits per heavy atom. The Morgan fingerprint density at radius 1 is 1.11 bits per heavy atom. The number of hydrogen-bond donors (Lipinski definition) is 1. The predicted molar refractivity (Wildman–Crippen MR) is 122 cm³/mol. The highest BCUT2D eigenvalue weighted by Gasteiger charge is 2.22. The minimum Gasteiger partial charge on any atom is -0.289 e. The van der Waals surface area contributed by atoms with Crippen LogP contribution in [0.5, 0.6) is 0 Å². The van der Waals surface area contributed by atoms with Crippen molar-refractivity contribution in [1.29, 1.82) is 0 Å². The first-order valence-corrected chi connectivity index (χ1v) is 10.6. The first-order valence-electron chi connectivity index (χ1n) is 10.3. The van der Waals surface area contributed by atoms with Crippen LogP contribution >= 0.6 is 11.6 Å². The largest absolute Gasteiger partial charge is 0.289 e. The molecule has 12 heteroatoms. The number of halogens is 4. The Labute approximate surface area is 201 Å². The summed E-state index contributed by atoms with van der Waals surface area (Å²) in [4.78, 5) is 21.3. The maximum atomic E-state index is 14.0. The number of carbonyl (C=O) groups excluding carboxylic acids is 1. The van der Waals surface area contributed by atoms with Gasteiger partial charge in [-0.15, -0.1) is 5.10 Å². The summed E-state index contributed by atoms with van der Waals surface area (Å²) >= 11 is 6.04. The van der Waals surface area contributed by atoms with Gasteiger partial charge in [0.2, 0.25) is 5.95 Å². The second-order valence-electron chi connectivity index (χ2n) is 7.45. The van der Waals surface area contributed by atoms with E-state index in [-0.39, 0.29) is 40.0 Å². The Bertz CT molecular complexity index is 1510. The van der Waals surface area contributed by atoms with Crippen molar-refractivity contribution in [1.82, 2.24) is 29.4 Å². The lowest BCUT2D eigenvalue weighted by Crippen LogP contribution is -2.14. The van der Waals surface area contributed by atoms with Gasteiger partial charge < -0.3 is 0 Å². The van der Waals surface area contributed by atoms with Gasteiger partial charge in [-0.05, 0) is 18.2 Å². The summed E-state index contributed by atoms with van der Waals surface area (Å²) in [6.45, 7) is -0.00910. The van der Waals surface area contributed by atoms with Crippen molar-refractivity contribution >= 4 is 29.1 Å². The van der Waals surface area contributed by atoms with Gasteiger partial charge in [0.25, 0.3) is 12.3 Å². The summed E-state index contributed by atoms with van der Waals surface area (Å²) in [5.74, 6) is -1.27. The fourth-order valence-corrected chi connectivity index (χ4v) is 3.72. The molecule has 35 heavy (non-hydrogen) atoms. The number of amides is 1. The fourth-order valence-electron chi connectivity index (χ4n) is 3.50. The maximum Gasteiger partial charge on any atom is 0.280 e. The molecule has 0 atom stereocenters. The van der Waals surface area contributed by atoms with Crippen molar-refractivity contribution in [3.63, 3.8) is 0 Å². The number of nitrogens with zero attached hydrogens (tertiary/aromatic N) is 6. The molecule has 0 unspecified atom stereocenters. The Kier molecular flexibility index (Phi) is 5.91. The fraction of sp³-hybridized carbons (Fsp3) is 0.0870. The number of nitrogens with one attached hydrogen (secondary N) is 1. The van der Waals surface area contributed by atoms with E-state index in [4.69, 9.17) is 11.6 Å². The van der Waals surface area contributed by atoms with Gasteiger partial charge in [-0.25, -0.2) is 32.3 Å². The molecule has 2 aromatic carbocycles. The van der Waals surface area contributed by atoms with Gasteiger partial charge in [0.05, 0.1) is 18.4 Å². The van der Waals surface area contributed by atoms with Gasteiger partial charge in [-0.2, -0.15) is 5.10 Å². The maximum absolute atomic E-state index is 14.0. The monoisotopic (exact) mass is 497 g/mol. The summed E-state index contributed by atoms with van der Waals surface area (Å²) in [5, 5.41) is 10.8. The van der Waals surface area contributed by atoms with Crippen LogP contribution in [0.4, 0.5) is 19.1 Å². The molecule has 5 aromatic rings. The van der Waals surface area contributed by atoms with Gasteiger partial charge in [0.1, 0.15) is 23.4 Å². The molecular weight excluding hydrogens is 483 g/mol. The molecule has 0 bridgehead atoms. The topological polar surface area (TPSA) is 90.0 Å². The van der Waals surface area contributed by atoms with Crippen LogP contribution < -0.4 is 5.32 Å². The van der Waals surface area contributed by atoms with Crippen molar-refractivity contribution in [2.24, 2.45) is 0 Å². The zero-order chi connectivity index (χ0) is 24.5. The van der Waals surface area contributed by atoms with Crippen LogP contribution in [0.15, 0.2) is 67.1 Å². The summed E-state index contributed by atoms with van der Waals surface area (Å²) in [6.07, 6.45) is -0.398. The number of anilines is 1. The number of rotatable bonds is 6. The number of fused-ring (bicyclic) bond motifs is 1. The highest BCUT2D eigenvalue weighted by molar-refractivity contribution is 6.31. The highest BCUT2D eigenvalue weighted by Crippen LogP contribution is 2.27. The molecule has 5 rings (SSSR count). The SMILES string of the molecule is O=C(Nc1ncn(Cc2c(F)cccc2Cl)n1)c1cnn2c(C(F)F)cc(-c3ccccc3)nc12. The zero-order valence-corrected chi connectivity index (χ0v) is 18.5. The Balaban J connectivity index is 1.44. The lowest BCUT2D eigenvalue weighted by Gasteiger charge is -2.08. The minimum atomic E-state index is -2.85. The van der Waals surface area contributed by atoms with Crippen molar-refractivity contribution in [2.75, 3.05) is 5.32 Å². The summed E-state index contributed by atoms with van der Waals surface area (Å²) < 4.78 is 43.8.